The Morgan fingerprint density at radius 3 is 2.58 bits per heavy atom. The molecule has 8 nitrogen and oxygen atoms in total. The van der Waals surface area contributed by atoms with Crippen LogP contribution in [0.15, 0.2) is 84.3 Å². The van der Waals surface area contributed by atoms with E-state index in [4.69, 9.17) is 11.6 Å². The lowest BCUT2D eigenvalue weighted by molar-refractivity contribution is 0.102. The molecule has 1 amide bonds. The summed E-state index contributed by atoms with van der Waals surface area (Å²) in [6.07, 6.45) is 2.63. The Balaban J connectivity index is 1.56. The van der Waals surface area contributed by atoms with Gasteiger partial charge in [0.2, 0.25) is 0 Å². The van der Waals surface area contributed by atoms with Gasteiger partial charge in [0, 0.05) is 23.3 Å². The molecular formula is C22H17ClFN5O3S. The number of anilines is 2. The van der Waals surface area contributed by atoms with Crippen molar-refractivity contribution in [3.05, 3.63) is 95.8 Å². The number of carbonyl (C=O) groups is 1. The van der Waals surface area contributed by atoms with Gasteiger partial charge in [-0.15, -0.1) is 0 Å². The number of carbonyl (C=O) groups excluding carboxylic acids is 1. The van der Waals surface area contributed by atoms with Crippen molar-refractivity contribution in [3.63, 3.8) is 0 Å². The van der Waals surface area contributed by atoms with E-state index in [1.807, 2.05) is 0 Å². The summed E-state index contributed by atoms with van der Waals surface area (Å²) in [5, 5.41) is 6.83. The maximum Gasteiger partial charge on any atom is 0.264 e. The van der Waals surface area contributed by atoms with E-state index in [0.29, 0.717) is 10.7 Å². The minimum absolute atomic E-state index is 0.0784. The third-order valence-corrected chi connectivity index (χ3v) is 6.81. The number of hydrogen-bond acceptors (Lipinski definition) is 5. The molecule has 0 aliphatic heterocycles. The average Bonchev–Trinajstić information content (AvgIpc) is 3.33. The number of aromatic nitrogens is 3. The Bertz CT molecular complexity index is 1430. The number of hydrogen-bond donors (Lipinski definition) is 1. The van der Waals surface area contributed by atoms with Crippen molar-refractivity contribution in [2.45, 2.75) is 4.90 Å². The van der Waals surface area contributed by atoms with Crippen LogP contribution >= 0.6 is 11.6 Å². The highest BCUT2D eigenvalue weighted by Gasteiger charge is 2.23. The molecule has 4 rings (SSSR count). The van der Waals surface area contributed by atoms with Gasteiger partial charge in [-0.2, -0.15) is 5.10 Å². The predicted molar refractivity (Wildman–Crippen MR) is 123 cm³/mol. The first-order valence-corrected chi connectivity index (χ1v) is 11.4. The first kappa shape index (κ1) is 22.4. The van der Waals surface area contributed by atoms with Crippen LogP contribution in [0.5, 0.6) is 0 Å². The van der Waals surface area contributed by atoms with Crippen molar-refractivity contribution >= 4 is 38.9 Å². The van der Waals surface area contributed by atoms with Gasteiger partial charge in [0.1, 0.15) is 18.3 Å². The highest BCUT2D eigenvalue weighted by molar-refractivity contribution is 7.92. The molecule has 0 fully saturated rings. The molecule has 0 aliphatic carbocycles. The summed E-state index contributed by atoms with van der Waals surface area (Å²) >= 11 is 5.97. The molecule has 0 atom stereocenters. The average molecular weight is 486 g/mol. The molecule has 0 radical (unpaired) electrons. The number of halogens is 2. The third-order valence-electron chi connectivity index (χ3n) is 4.80. The molecule has 0 spiro atoms. The van der Waals surface area contributed by atoms with Crippen molar-refractivity contribution in [1.82, 2.24) is 14.8 Å². The van der Waals surface area contributed by atoms with Gasteiger partial charge in [0.15, 0.2) is 5.82 Å². The first-order valence-electron chi connectivity index (χ1n) is 9.56. The summed E-state index contributed by atoms with van der Waals surface area (Å²) in [7, 11) is -2.56. The zero-order valence-electron chi connectivity index (χ0n) is 17.2. The highest BCUT2D eigenvalue weighted by Crippen LogP contribution is 2.25. The molecule has 0 saturated heterocycles. The molecule has 0 unspecified atom stereocenters. The fraction of sp³-hybridized carbons (Fsp3) is 0.0455. The molecule has 3 aromatic carbocycles. The summed E-state index contributed by atoms with van der Waals surface area (Å²) in [5.74, 6) is -1.21. The smallest absolute Gasteiger partial charge is 0.264 e. The lowest BCUT2D eigenvalue weighted by Gasteiger charge is -2.20. The number of nitrogens with one attached hydrogen (secondary N) is 1. The summed E-state index contributed by atoms with van der Waals surface area (Å²) < 4.78 is 42.9. The summed E-state index contributed by atoms with van der Waals surface area (Å²) in [6, 6.07) is 16.1. The second kappa shape index (κ2) is 9.00. The van der Waals surface area contributed by atoms with E-state index in [-0.39, 0.29) is 21.8 Å². The maximum absolute atomic E-state index is 14.4. The topological polar surface area (TPSA) is 97.2 Å². The first-order chi connectivity index (χ1) is 15.8. The van der Waals surface area contributed by atoms with Crippen molar-refractivity contribution < 1.29 is 17.6 Å². The number of benzene rings is 3. The zero-order chi connectivity index (χ0) is 23.6. The molecule has 0 bridgehead atoms. The van der Waals surface area contributed by atoms with E-state index in [1.54, 1.807) is 18.2 Å². The highest BCUT2D eigenvalue weighted by atomic mass is 35.5. The van der Waals surface area contributed by atoms with Crippen LogP contribution in [0.4, 0.5) is 15.8 Å². The van der Waals surface area contributed by atoms with Crippen molar-refractivity contribution in [2.24, 2.45) is 0 Å². The Kier molecular flexibility index (Phi) is 6.12. The Labute approximate surface area is 194 Å². The lowest BCUT2D eigenvalue weighted by atomic mass is 10.2. The largest absolute Gasteiger partial charge is 0.322 e. The Morgan fingerprint density at radius 2 is 1.88 bits per heavy atom. The summed E-state index contributed by atoms with van der Waals surface area (Å²) in [4.78, 5) is 16.4. The number of rotatable bonds is 6. The van der Waals surface area contributed by atoms with Crippen LogP contribution in [0.1, 0.15) is 10.4 Å². The molecule has 11 heteroatoms. The normalized spacial score (nSPS) is 11.2. The van der Waals surface area contributed by atoms with Crippen LogP contribution in [0.2, 0.25) is 5.02 Å². The number of sulfonamides is 1. The van der Waals surface area contributed by atoms with Crippen LogP contribution < -0.4 is 9.62 Å². The Hall–Kier alpha value is -3.76. The van der Waals surface area contributed by atoms with Crippen LogP contribution in [0.3, 0.4) is 0 Å². The fourth-order valence-corrected chi connectivity index (χ4v) is 4.49. The van der Waals surface area contributed by atoms with Gasteiger partial charge in [0.05, 0.1) is 10.6 Å². The predicted octanol–water partition coefficient (Wildman–Crippen LogP) is 4.14. The van der Waals surface area contributed by atoms with Gasteiger partial charge < -0.3 is 5.32 Å². The van der Waals surface area contributed by atoms with Gasteiger partial charge in [-0.25, -0.2) is 22.5 Å². The van der Waals surface area contributed by atoms with Crippen LogP contribution in [0, 0.1) is 5.82 Å². The summed E-state index contributed by atoms with van der Waals surface area (Å²) in [6.45, 7) is 0. The minimum atomic E-state index is -3.96. The number of nitrogens with zero attached hydrogens (tertiary/aromatic N) is 4. The van der Waals surface area contributed by atoms with E-state index in [0.717, 1.165) is 10.4 Å². The van der Waals surface area contributed by atoms with Crippen molar-refractivity contribution in [1.29, 1.82) is 0 Å². The molecule has 0 aliphatic rings. The quantitative estimate of drug-likeness (QED) is 0.442. The van der Waals surface area contributed by atoms with Crippen molar-refractivity contribution in [3.8, 4) is 5.69 Å². The summed E-state index contributed by atoms with van der Waals surface area (Å²) in [5.41, 5.74) is 0.838. The molecule has 0 saturated carbocycles. The van der Waals surface area contributed by atoms with Gasteiger partial charge >= 0.3 is 0 Å². The minimum Gasteiger partial charge on any atom is -0.322 e. The molecule has 1 heterocycles. The van der Waals surface area contributed by atoms with Crippen LogP contribution in [0.25, 0.3) is 5.69 Å². The van der Waals surface area contributed by atoms with E-state index in [9.17, 15) is 17.6 Å². The van der Waals surface area contributed by atoms with E-state index < -0.39 is 21.7 Å². The molecule has 168 valence electrons. The SMILES string of the molecule is CN(c1cccc(Cl)c1)S(=O)(=O)c1cccc(C(=O)Nc2ccc(-n3cncn3)c(F)c2)c1. The zero-order valence-corrected chi connectivity index (χ0v) is 18.8. The molecule has 1 N–H and O–H groups in total. The van der Waals surface area contributed by atoms with E-state index in [1.165, 1.54) is 66.8 Å². The molecule has 33 heavy (non-hydrogen) atoms. The maximum atomic E-state index is 14.4. The third kappa shape index (κ3) is 4.71. The van der Waals surface area contributed by atoms with E-state index >= 15 is 0 Å². The second-order valence-corrected chi connectivity index (χ2v) is 9.35. The molecular weight excluding hydrogens is 469 g/mol. The second-order valence-electron chi connectivity index (χ2n) is 6.94. The van der Waals surface area contributed by atoms with Crippen LogP contribution in [-0.4, -0.2) is 36.1 Å². The number of amides is 1. The van der Waals surface area contributed by atoms with Gasteiger partial charge in [-0.3, -0.25) is 9.10 Å². The molecule has 4 aromatic rings. The fourth-order valence-electron chi connectivity index (χ4n) is 3.07. The van der Waals surface area contributed by atoms with Crippen molar-refractivity contribution in [2.75, 3.05) is 16.7 Å². The van der Waals surface area contributed by atoms with E-state index in [2.05, 4.69) is 15.4 Å². The van der Waals surface area contributed by atoms with Gasteiger partial charge in [-0.1, -0.05) is 23.7 Å². The van der Waals surface area contributed by atoms with Crippen LogP contribution in [-0.2, 0) is 10.0 Å². The lowest BCUT2D eigenvalue weighted by Crippen LogP contribution is -2.26. The monoisotopic (exact) mass is 485 g/mol. The van der Waals surface area contributed by atoms with Gasteiger partial charge in [-0.05, 0) is 54.6 Å². The molecule has 1 aromatic heterocycles. The van der Waals surface area contributed by atoms with Gasteiger partial charge in [0.25, 0.3) is 15.9 Å². The standard InChI is InChI=1S/C22H17ClFN5O3S/c1-28(18-6-3-5-16(23)11-18)33(31,32)19-7-2-4-15(10-19)22(30)27-17-8-9-21(20(24)12-17)29-14-25-13-26-29/h2-14H,1H3,(H,27,30). The Morgan fingerprint density at radius 1 is 1.09 bits per heavy atom.